The van der Waals surface area contributed by atoms with Crippen molar-refractivity contribution < 1.29 is 18.0 Å². The molecule has 6 heteroatoms. The highest BCUT2D eigenvalue weighted by Crippen LogP contribution is 2.12. The van der Waals surface area contributed by atoms with Crippen molar-refractivity contribution in [3.05, 3.63) is 84.0 Å². The van der Waals surface area contributed by atoms with E-state index < -0.39 is 0 Å². The third-order valence-corrected chi connectivity index (χ3v) is 4.04. The van der Waals surface area contributed by atoms with E-state index in [4.69, 9.17) is 8.83 Å². The Balaban J connectivity index is 1.62. The molecule has 0 N–H and O–H groups in total. The molecule has 1 aromatic carbocycles. The quantitative estimate of drug-likeness (QED) is 0.618. The van der Waals surface area contributed by atoms with Gasteiger partial charge in [-0.25, -0.2) is 4.39 Å². The number of amides is 1. The molecular formula is C20H21FN2O3. The number of carbonyl (C=O) groups is 1. The Morgan fingerprint density at radius 3 is 2.00 bits per heavy atom. The minimum atomic E-state index is -0.286. The van der Waals surface area contributed by atoms with Gasteiger partial charge in [0.05, 0.1) is 32.2 Å². The van der Waals surface area contributed by atoms with Gasteiger partial charge in [-0.1, -0.05) is 12.1 Å². The number of rotatable bonds is 8. The zero-order valence-corrected chi connectivity index (χ0v) is 14.6. The fourth-order valence-corrected chi connectivity index (χ4v) is 2.68. The zero-order valence-electron chi connectivity index (χ0n) is 14.6. The van der Waals surface area contributed by atoms with Crippen LogP contribution in [0.2, 0.25) is 0 Å². The summed E-state index contributed by atoms with van der Waals surface area (Å²) in [7, 11) is 1.74. The standard InChI is InChI=1S/C20H21FN2O3/c1-22(12-16-6-8-17(21)9-7-16)20(24)15-23(13-18-4-2-10-25-18)14-19-5-3-11-26-19/h2-11H,12-15H2,1H3. The van der Waals surface area contributed by atoms with Crippen LogP contribution in [-0.2, 0) is 24.4 Å². The first kappa shape index (κ1) is 17.9. The summed E-state index contributed by atoms with van der Waals surface area (Å²) < 4.78 is 23.8. The number of benzene rings is 1. The van der Waals surface area contributed by atoms with Crippen LogP contribution in [0.15, 0.2) is 69.9 Å². The Morgan fingerprint density at radius 2 is 1.50 bits per heavy atom. The first-order valence-corrected chi connectivity index (χ1v) is 8.35. The third-order valence-electron chi connectivity index (χ3n) is 4.04. The van der Waals surface area contributed by atoms with Crippen molar-refractivity contribution in [2.75, 3.05) is 13.6 Å². The number of likely N-dealkylation sites (N-methyl/N-ethyl adjacent to an activating group) is 1. The second-order valence-corrected chi connectivity index (χ2v) is 6.18. The molecule has 0 aliphatic rings. The van der Waals surface area contributed by atoms with E-state index >= 15 is 0 Å². The Labute approximate surface area is 151 Å². The SMILES string of the molecule is CN(Cc1ccc(F)cc1)C(=O)CN(Cc1ccco1)Cc1ccco1. The van der Waals surface area contributed by atoms with Crippen molar-refractivity contribution in [3.63, 3.8) is 0 Å². The van der Waals surface area contributed by atoms with Gasteiger partial charge in [-0.05, 0) is 42.0 Å². The largest absolute Gasteiger partial charge is 0.468 e. The van der Waals surface area contributed by atoms with Crippen LogP contribution in [0.4, 0.5) is 4.39 Å². The van der Waals surface area contributed by atoms with Gasteiger partial charge >= 0.3 is 0 Å². The molecule has 0 aliphatic heterocycles. The van der Waals surface area contributed by atoms with Crippen LogP contribution in [0.3, 0.4) is 0 Å². The molecule has 0 radical (unpaired) electrons. The number of hydrogen-bond donors (Lipinski definition) is 0. The molecular weight excluding hydrogens is 335 g/mol. The highest BCUT2D eigenvalue weighted by Gasteiger charge is 2.17. The molecule has 2 heterocycles. The molecule has 0 aliphatic carbocycles. The monoisotopic (exact) mass is 356 g/mol. The normalized spacial score (nSPS) is 11.0. The lowest BCUT2D eigenvalue weighted by Gasteiger charge is -2.24. The molecule has 0 bridgehead atoms. The lowest BCUT2D eigenvalue weighted by Crippen LogP contribution is -2.37. The molecule has 1 amide bonds. The van der Waals surface area contributed by atoms with E-state index in [1.54, 1.807) is 36.6 Å². The van der Waals surface area contributed by atoms with Gasteiger partial charge in [-0.3, -0.25) is 9.69 Å². The molecule has 0 saturated carbocycles. The van der Waals surface area contributed by atoms with Crippen molar-refractivity contribution in [2.45, 2.75) is 19.6 Å². The maximum Gasteiger partial charge on any atom is 0.236 e. The topological polar surface area (TPSA) is 49.8 Å². The predicted molar refractivity (Wildman–Crippen MR) is 94.4 cm³/mol. The number of hydrogen-bond acceptors (Lipinski definition) is 4. The summed E-state index contributed by atoms with van der Waals surface area (Å²) in [5, 5.41) is 0. The molecule has 136 valence electrons. The summed E-state index contributed by atoms with van der Waals surface area (Å²) in [6.45, 7) is 1.65. The van der Waals surface area contributed by atoms with E-state index in [0.717, 1.165) is 17.1 Å². The fourth-order valence-electron chi connectivity index (χ4n) is 2.68. The molecule has 0 fully saturated rings. The van der Waals surface area contributed by atoms with Crippen molar-refractivity contribution >= 4 is 5.91 Å². The first-order chi connectivity index (χ1) is 12.6. The second kappa shape index (κ2) is 8.49. The van der Waals surface area contributed by atoms with Crippen molar-refractivity contribution in [1.29, 1.82) is 0 Å². The van der Waals surface area contributed by atoms with Crippen molar-refractivity contribution in [3.8, 4) is 0 Å². The number of halogens is 1. The maximum absolute atomic E-state index is 13.0. The lowest BCUT2D eigenvalue weighted by atomic mass is 10.2. The van der Waals surface area contributed by atoms with Crippen molar-refractivity contribution in [2.24, 2.45) is 0 Å². The van der Waals surface area contributed by atoms with Crippen LogP contribution in [-0.4, -0.2) is 29.3 Å². The van der Waals surface area contributed by atoms with E-state index in [1.807, 2.05) is 29.2 Å². The minimum absolute atomic E-state index is 0.0348. The summed E-state index contributed by atoms with van der Waals surface area (Å²) in [5.74, 6) is 1.24. The van der Waals surface area contributed by atoms with E-state index in [-0.39, 0.29) is 18.3 Å². The molecule has 26 heavy (non-hydrogen) atoms. The van der Waals surface area contributed by atoms with Crippen LogP contribution >= 0.6 is 0 Å². The Bertz CT molecular complexity index is 762. The van der Waals surface area contributed by atoms with E-state index in [0.29, 0.717) is 19.6 Å². The van der Waals surface area contributed by atoms with Gasteiger partial charge in [0, 0.05) is 13.6 Å². The molecule has 3 rings (SSSR count). The van der Waals surface area contributed by atoms with Gasteiger partial charge in [0.1, 0.15) is 17.3 Å². The smallest absolute Gasteiger partial charge is 0.236 e. The summed E-state index contributed by atoms with van der Waals surface area (Å²) in [6.07, 6.45) is 3.23. The maximum atomic E-state index is 13.0. The van der Waals surface area contributed by atoms with E-state index in [1.165, 1.54) is 12.1 Å². The average Bonchev–Trinajstić information content (AvgIpc) is 3.31. The van der Waals surface area contributed by atoms with Gasteiger partial charge in [-0.15, -0.1) is 0 Å². The van der Waals surface area contributed by atoms with E-state index in [2.05, 4.69) is 0 Å². The number of nitrogens with zero attached hydrogens (tertiary/aromatic N) is 2. The highest BCUT2D eigenvalue weighted by atomic mass is 19.1. The number of furan rings is 2. The Morgan fingerprint density at radius 1 is 0.923 bits per heavy atom. The van der Waals surface area contributed by atoms with Gasteiger partial charge in [0.15, 0.2) is 0 Å². The second-order valence-electron chi connectivity index (χ2n) is 6.18. The third kappa shape index (κ3) is 5.07. The molecule has 0 saturated heterocycles. The summed E-state index contributed by atoms with van der Waals surface area (Å²) in [4.78, 5) is 16.2. The first-order valence-electron chi connectivity index (χ1n) is 8.35. The highest BCUT2D eigenvalue weighted by molar-refractivity contribution is 5.78. The summed E-state index contributed by atoms with van der Waals surface area (Å²) in [6, 6.07) is 13.6. The number of carbonyl (C=O) groups excluding carboxylic acids is 1. The van der Waals surface area contributed by atoms with Crippen LogP contribution < -0.4 is 0 Å². The Kier molecular flexibility index (Phi) is 5.86. The van der Waals surface area contributed by atoms with Crippen molar-refractivity contribution in [1.82, 2.24) is 9.80 Å². The molecule has 2 aromatic heterocycles. The molecule has 0 unspecified atom stereocenters. The molecule has 3 aromatic rings. The Hall–Kier alpha value is -2.86. The average molecular weight is 356 g/mol. The van der Waals surface area contributed by atoms with Crippen LogP contribution in [0.1, 0.15) is 17.1 Å². The van der Waals surface area contributed by atoms with Gasteiger partial charge < -0.3 is 13.7 Å². The molecule has 0 spiro atoms. The summed E-state index contributed by atoms with van der Waals surface area (Å²) >= 11 is 0. The van der Waals surface area contributed by atoms with Crippen LogP contribution in [0, 0.1) is 5.82 Å². The van der Waals surface area contributed by atoms with Crippen LogP contribution in [0.5, 0.6) is 0 Å². The van der Waals surface area contributed by atoms with Crippen LogP contribution in [0.25, 0.3) is 0 Å². The predicted octanol–water partition coefficient (Wildman–Crippen LogP) is 3.67. The van der Waals surface area contributed by atoms with Gasteiger partial charge in [0.25, 0.3) is 0 Å². The van der Waals surface area contributed by atoms with E-state index in [9.17, 15) is 9.18 Å². The lowest BCUT2D eigenvalue weighted by molar-refractivity contribution is -0.132. The van der Waals surface area contributed by atoms with Gasteiger partial charge in [0.2, 0.25) is 5.91 Å². The minimum Gasteiger partial charge on any atom is -0.468 e. The summed E-state index contributed by atoms with van der Waals surface area (Å²) in [5.41, 5.74) is 0.880. The molecule has 0 atom stereocenters. The van der Waals surface area contributed by atoms with Gasteiger partial charge in [-0.2, -0.15) is 0 Å². The molecule has 5 nitrogen and oxygen atoms in total. The zero-order chi connectivity index (χ0) is 18.4. The fraction of sp³-hybridized carbons (Fsp3) is 0.250.